The van der Waals surface area contributed by atoms with E-state index in [0.29, 0.717) is 23.4 Å². The Labute approximate surface area is 177 Å². The molecule has 0 unspecified atom stereocenters. The lowest BCUT2D eigenvalue weighted by molar-refractivity contribution is -0.172. The normalized spacial score (nSPS) is 29.1. The molecule has 4 aliphatic rings. The van der Waals surface area contributed by atoms with Crippen LogP contribution in [0, 0.1) is 37.0 Å². The second-order valence-electron chi connectivity index (χ2n) is 9.62. The van der Waals surface area contributed by atoms with Crippen molar-refractivity contribution < 1.29 is 14.3 Å². The fourth-order valence-electron chi connectivity index (χ4n) is 6.46. The van der Waals surface area contributed by atoms with Gasteiger partial charge in [0.05, 0.1) is 28.2 Å². The SMILES string of the molecule is Cc1nn(-c2ccccc2)c(C)c1NC(=O)COC(=O)C12CC3CC(CC(C3)C1)C2. The maximum atomic E-state index is 13.0. The van der Waals surface area contributed by atoms with Crippen LogP contribution in [0.5, 0.6) is 0 Å². The summed E-state index contributed by atoms with van der Waals surface area (Å²) in [6, 6.07) is 9.80. The summed E-state index contributed by atoms with van der Waals surface area (Å²) in [6.45, 7) is 3.55. The van der Waals surface area contributed by atoms with Gasteiger partial charge in [0.2, 0.25) is 0 Å². The molecule has 4 saturated carbocycles. The largest absolute Gasteiger partial charge is 0.455 e. The number of amides is 1. The van der Waals surface area contributed by atoms with Crippen molar-refractivity contribution in [1.29, 1.82) is 0 Å². The van der Waals surface area contributed by atoms with Crippen molar-refractivity contribution in [1.82, 2.24) is 9.78 Å². The number of rotatable bonds is 5. The minimum atomic E-state index is -0.334. The molecule has 0 atom stereocenters. The van der Waals surface area contributed by atoms with E-state index < -0.39 is 0 Å². The number of nitrogens with zero attached hydrogens (tertiary/aromatic N) is 2. The third-order valence-corrected chi connectivity index (χ3v) is 7.36. The van der Waals surface area contributed by atoms with Crippen LogP contribution in [0.1, 0.15) is 49.9 Å². The Balaban J connectivity index is 1.23. The Morgan fingerprint density at radius 1 is 1.07 bits per heavy atom. The van der Waals surface area contributed by atoms with Crippen molar-refractivity contribution in [2.75, 3.05) is 11.9 Å². The summed E-state index contributed by atoms with van der Waals surface area (Å²) >= 11 is 0. The topological polar surface area (TPSA) is 73.2 Å². The zero-order chi connectivity index (χ0) is 20.9. The van der Waals surface area contributed by atoms with Gasteiger partial charge in [0.1, 0.15) is 0 Å². The van der Waals surface area contributed by atoms with Crippen LogP contribution in [-0.4, -0.2) is 28.3 Å². The number of carbonyl (C=O) groups is 2. The van der Waals surface area contributed by atoms with Crippen LogP contribution >= 0.6 is 0 Å². The number of ether oxygens (including phenoxy) is 1. The lowest BCUT2D eigenvalue weighted by Gasteiger charge is -2.55. The van der Waals surface area contributed by atoms with Crippen molar-refractivity contribution in [2.24, 2.45) is 23.2 Å². The van der Waals surface area contributed by atoms with E-state index >= 15 is 0 Å². The molecule has 2 aromatic rings. The number of benzene rings is 1. The summed E-state index contributed by atoms with van der Waals surface area (Å²) in [5.74, 6) is 1.54. The minimum Gasteiger partial charge on any atom is -0.455 e. The standard InChI is InChI=1S/C24H29N3O3/c1-15-22(16(2)27(26-15)20-6-4-3-5-7-20)25-21(28)14-30-23(29)24-11-17-8-18(12-24)10-19(9-17)13-24/h3-7,17-19H,8-14H2,1-2H3,(H,25,28). The van der Waals surface area contributed by atoms with Gasteiger partial charge in [-0.25, -0.2) is 4.68 Å². The lowest BCUT2D eigenvalue weighted by atomic mass is 9.49. The Kier molecular flexibility index (Phi) is 4.68. The third-order valence-electron chi connectivity index (χ3n) is 7.36. The van der Waals surface area contributed by atoms with Gasteiger partial charge < -0.3 is 10.1 Å². The Morgan fingerprint density at radius 2 is 1.67 bits per heavy atom. The van der Waals surface area contributed by atoms with Crippen molar-refractivity contribution in [3.05, 3.63) is 41.7 Å². The van der Waals surface area contributed by atoms with E-state index in [1.54, 1.807) is 0 Å². The summed E-state index contributed by atoms with van der Waals surface area (Å²) < 4.78 is 7.37. The van der Waals surface area contributed by atoms with Crippen LogP contribution in [-0.2, 0) is 14.3 Å². The highest BCUT2D eigenvalue weighted by atomic mass is 16.5. The number of aryl methyl sites for hydroxylation is 1. The molecule has 6 rings (SSSR count). The van der Waals surface area contributed by atoms with E-state index in [-0.39, 0.29) is 23.9 Å². The van der Waals surface area contributed by atoms with Gasteiger partial charge in [-0.05, 0) is 82.3 Å². The molecule has 0 aliphatic heterocycles. The Bertz CT molecular complexity index is 944. The highest BCUT2D eigenvalue weighted by molar-refractivity contribution is 5.94. The molecule has 1 aromatic heterocycles. The molecule has 4 fully saturated rings. The summed E-state index contributed by atoms with van der Waals surface area (Å²) in [5.41, 5.74) is 2.86. The van der Waals surface area contributed by atoms with Crippen molar-refractivity contribution in [3.63, 3.8) is 0 Å². The molecule has 6 heteroatoms. The van der Waals surface area contributed by atoms with E-state index in [0.717, 1.165) is 36.3 Å². The first-order valence-electron chi connectivity index (χ1n) is 11.0. The van der Waals surface area contributed by atoms with Gasteiger partial charge in [-0.2, -0.15) is 5.10 Å². The second kappa shape index (κ2) is 7.25. The molecule has 1 N–H and O–H groups in total. The number of para-hydroxylation sites is 1. The molecule has 1 amide bonds. The average molecular weight is 408 g/mol. The summed E-state index contributed by atoms with van der Waals surface area (Å²) in [7, 11) is 0. The van der Waals surface area contributed by atoms with E-state index in [2.05, 4.69) is 10.4 Å². The first-order chi connectivity index (χ1) is 14.4. The first kappa shape index (κ1) is 19.3. The van der Waals surface area contributed by atoms with Crippen molar-refractivity contribution in [2.45, 2.75) is 52.4 Å². The van der Waals surface area contributed by atoms with E-state index in [4.69, 9.17) is 4.74 Å². The Morgan fingerprint density at radius 3 is 2.27 bits per heavy atom. The van der Waals surface area contributed by atoms with Crippen LogP contribution in [0.15, 0.2) is 30.3 Å². The minimum absolute atomic E-state index is 0.162. The number of hydrogen-bond acceptors (Lipinski definition) is 4. The van der Waals surface area contributed by atoms with Gasteiger partial charge in [-0.3, -0.25) is 9.59 Å². The predicted molar refractivity (Wildman–Crippen MR) is 113 cm³/mol. The van der Waals surface area contributed by atoms with Gasteiger partial charge in [-0.15, -0.1) is 0 Å². The van der Waals surface area contributed by atoms with E-state index in [1.165, 1.54) is 19.3 Å². The van der Waals surface area contributed by atoms with Gasteiger partial charge >= 0.3 is 5.97 Å². The quantitative estimate of drug-likeness (QED) is 0.755. The molecule has 4 bridgehead atoms. The molecule has 4 aliphatic carbocycles. The van der Waals surface area contributed by atoms with Gasteiger partial charge in [-0.1, -0.05) is 18.2 Å². The molecular formula is C24H29N3O3. The molecule has 158 valence electrons. The van der Waals surface area contributed by atoms with Crippen LogP contribution in [0.25, 0.3) is 5.69 Å². The van der Waals surface area contributed by atoms with Gasteiger partial charge in [0, 0.05) is 0 Å². The number of carbonyl (C=O) groups excluding carboxylic acids is 2. The summed E-state index contributed by atoms with van der Waals surface area (Å²) in [4.78, 5) is 25.5. The number of esters is 1. The van der Waals surface area contributed by atoms with Crippen molar-refractivity contribution >= 4 is 17.6 Å². The second-order valence-corrected chi connectivity index (χ2v) is 9.62. The Hall–Kier alpha value is -2.63. The molecule has 0 saturated heterocycles. The van der Waals surface area contributed by atoms with Crippen LogP contribution in [0.4, 0.5) is 5.69 Å². The molecule has 6 nitrogen and oxygen atoms in total. The predicted octanol–water partition coefficient (Wildman–Crippen LogP) is 4.19. The molecule has 1 aromatic carbocycles. The zero-order valence-corrected chi connectivity index (χ0v) is 17.7. The highest BCUT2D eigenvalue weighted by Gasteiger charge is 2.55. The number of hydrogen-bond donors (Lipinski definition) is 1. The lowest BCUT2D eigenvalue weighted by Crippen LogP contribution is -2.50. The molecular weight excluding hydrogens is 378 g/mol. The fraction of sp³-hybridized carbons (Fsp3) is 0.542. The smallest absolute Gasteiger partial charge is 0.312 e. The van der Waals surface area contributed by atoms with Crippen LogP contribution in [0.2, 0.25) is 0 Å². The molecule has 1 heterocycles. The molecule has 0 radical (unpaired) electrons. The number of anilines is 1. The maximum absolute atomic E-state index is 13.0. The summed E-state index contributed by atoms with van der Waals surface area (Å²) in [5, 5.41) is 7.45. The van der Waals surface area contributed by atoms with E-state index in [1.807, 2.05) is 48.9 Å². The zero-order valence-electron chi connectivity index (χ0n) is 17.7. The maximum Gasteiger partial charge on any atom is 0.312 e. The summed E-state index contributed by atoms with van der Waals surface area (Å²) in [6.07, 6.45) is 6.66. The third kappa shape index (κ3) is 3.32. The highest BCUT2D eigenvalue weighted by Crippen LogP contribution is 2.60. The van der Waals surface area contributed by atoms with Crippen molar-refractivity contribution in [3.8, 4) is 5.69 Å². The van der Waals surface area contributed by atoms with Crippen LogP contribution < -0.4 is 5.32 Å². The fourth-order valence-corrected chi connectivity index (χ4v) is 6.46. The average Bonchev–Trinajstić information content (AvgIpc) is 3.00. The molecule has 30 heavy (non-hydrogen) atoms. The number of nitrogens with one attached hydrogen (secondary N) is 1. The molecule has 0 spiro atoms. The van der Waals surface area contributed by atoms with Gasteiger partial charge in [0.15, 0.2) is 6.61 Å². The van der Waals surface area contributed by atoms with Crippen LogP contribution in [0.3, 0.4) is 0 Å². The number of aromatic nitrogens is 2. The van der Waals surface area contributed by atoms with Gasteiger partial charge in [0.25, 0.3) is 5.91 Å². The first-order valence-corrected chi connectivity index (χ1v) is 11.0. The van der Waals surface area contributed by atoms with E-state index in [9.17, 15) is 9.59 Å². The monoisotopic (exact) mass is 407 g/mol.